The van der Waals surface area contributed by atoms with Crippen molar-refractivity contribution < 1.29 is 13.6 Å². The number of anilines is 1. The number of pyridine rings is 1. The Bertz CT molecular complexity index is 1090. The van der Waals surface area contributed by atoms with Gasteiger partial charge in [-0.15, -0.1) is 12.6 Å². The average Bonchev–Trinajstić information content (AvgIpc) is 2.80. The van der Waals surface area contributed by atoms with E-state index in [0.29, 0.717) is 6.42 Å². The Hall–Kier alpha value is -3.25. The molecule has 0 aliphatic carbocycles. The molecule has 4 aromatic rings. The molecule has 3 aromatic carbocycles. The minimum absolute atomic E-state index is 0.367. The molecule has 0 bridgehead atoms. The predicted octanol–water partition coefficient (Wildman–Crippen LogP) is 6.54. The van der Waals surface area contributed by atoms with Gasteiger partial charge in [-0.25, -0.2) is 8.78 Å². The van der Waals surface area contributed by atoms with Crippen LogP contribution in [0.1, 0.15) is 5.69 Å². The zero-order valence-corrected chi connectivity index (χ0v) is 18.0. The van der Waals surface area contributed by atoms with E-state index in [1.54, 1.807) is 0 Å². The fraction of sp³-hybridized carbons (Fsp3) is 0.120. The Labute approximate surface area is 186 Å². The number of benzene rings is 3. The summed E-state index contributed by atoms with van der Waals surface area (Å²) in [6, 6.07) is 26.4. The number of halogens is 2. The van der Waals surface area contributed by atoms with Gasteiger partial charge in [-0.3, -0.25) is 4.98 Å². The van der Waals surface area contributed by atoms with E-state index in [-0.39, 0.29) is 0 Å². The van der Waals surface area contributed by atoms with Crippen molar-refractivity contribution in [3.8, 4) is 11.1 Å². The van der Waals surface area contributed by atoms with Crippen LogP contribution in [0.2, 0.25) is 0 Å². The van der Waals surface area contributed by atoms with Gasteiger partial charge in [0.2, 0.25) is 6.93 Å². The number of nitrogens with zero attached hydrogens (tertiary/aromatic N) is 1. The second-order valence-corrected chi connectivity index (χ2v) is 6.89. The van der Waals surface area contributed by atoms with E-state index < -0.39 is 6.93 Å². The highest BCUT2D eigenvalue weighted by Crippen LogP contribution is 2.24. The summed E-state index contributed by atoms with van der Waals surface area (Å²) in [6.07, 6.45) is 3.07. The predicted molar refractivity (Wildman–Crippen MR) is 127 cm³/mol. The van der Waals surface area contributed by atoms with E-state index in [0.717, 1.165) is 33.3 Å². The average molecular weight is 439 g/mol. The SMILES string of the molecule is CNc1cccc(S)c1.FCF.O=CCc1cc2cc(-c3ccccc3)ccc2cn1. The van der Waals surface area contributed by atoms with Crippen LogP contribution >= 0.6 is 12.6 Å². The van der Waals surface area contributed by atoms with Gasteiger partial charge in [0.1, 0.15) is 6.29 Å². The lowest BCUT2D eigenvalue weighted by Gasteiger charge is -2.05. The Balaban J connectivity index is 0.000000238. The molecule has 6 heteroatoms. The smallest absolute Gasteiger partial charge is 0.229 e. The Morgan fingerprint density at radius 1 is 0.903 bits per heavy atom. The fourth-order valence-corrected chi connectivity index (χ4v) is 3.08. The summed E-state index contributed by atoms with van der Waals surface area (Å²) in [4.78, 5) is 15.8. The molecule has 0 atom stereocenters. The molecule has 0 unspecified atom stereocenters. The molecule has 160 valence electrons. The molecule has 1 heterocycles. The Kier molecular flexibility index (Phi) is 10.2. The molecular formula is C25H24F2N2OS. The van der Waals surface area contributed by atoms with Gasteiger partial charge in [-0.2, -0.15) is 0 Å². The van der Waals surface area contributed by atoms with Gasteiger partial charge in [-0.05, 0) is 46.8 Å². The van der Waals surface area contributed by atoms with E-state index in [1.165, 1.54) is 11.1 Å². The second-order valence-electron chi connectivity index (χ2n) is 6.38. The van der Waals surface area contributed by atoms with Crippen LogP contribution in [0.3, 0.4) is 0 Å². The summed E-state index contributed by atoms with van der Waals surface area (Å²) >= 11 is 4.17. The quantitative estimate of drug-likeness (QED) is 0.281. The van der Waals surface area contributed by atoms with Crippen molar-refractivity contribution in [2.45, 2.75) is 11.3 Å². The summed E-state index contributed by atoms with van der Waals surface area (Å²) in [5.41, 5.74) is 4.28. The highest BCUT2D eigenvalue weighted by atomic mass is 32.1. The lowest BCUT2D eigenvalue weighted by Crippen LogP contribution is -1.90. The van der Waals surface area contributed by atoms with Gasteiger partial charge in [0.25, 0.3) is 0 Å². The fourth-order valence-electron chi connectivity index (χ4n) is 2.86. The van der Waals surface area contributed by atoms with Crippen LogP contribution in [-0.2, 0) is 11.2 Å². The third kappa shape index (κ3) is 7.83. The largest absolute Gasteiger partial charge is 0.388 e. The van der Waals surface area contributed by atoms with Crippen LogP contribution in [0.15, 0.2) is 90.0 Å². The maximum atomic E-state index is 10.6. The molecule has 0 amide bonds. The van der Waals surface area contributed by atoms with Crippen LogP contribution < -0.4 is 5.32 Å². The number of hydrogen-bond donors (Lipinski definition) is 2. The number of aromatic nitrogens is 1. The minimum Gasteiger partial charge on any atom is -0.388 e. The topological polar surface area (TPSA) is 42.0 Å². The first-order valence-corrected chi connectivity index (χ1v) is 10.0. The maximum Gasteiger partial charge on any atom is 0.229 e. The van der Waals surface area contributed by atoms with Crippen molar-refractivity contribution in [2.24, 2.45) is 0 Å². The van der Waals surface area contributed by atoms with Gasteiger partial charge >= 0.3 is 0 Å². The number of rotatable bonds is 4. The molecule has 1 aromatic heterocycles. The molecule has 0 saturated carbocycles. The van der Waals surface area contributed by atoms with Gasteiger partial charge in [0.05, 0.1) is 0 Å². The van der Waals surface area contributed by atoms with Crippen molar-refractivity contribution in [3.63, 3.8) is 0 Å². The van der Waals surface area contributed by atoms with Gasteiger partial charge in [0, 0.05) is 41.3 Å². The molecule has 0 saturated heterocycles. The highest BCUT2D eigenvalue weighted by Gasteiger charge is 2.01. The summed E-state index contributed by atoms with van der Waals surface area (Å²) in [5.74, 6) is 0. The standard InChI is InChI=1S/C17H13NO.C7H9NS.CH2F2/c19-9-8-17-11-16-10-14(6-7-15(16)12-18-17)13-4-2-1-3-5-13;1-8-6-3-2-4-7(9)5-6;2-1-3/h1-7,9-12H,8H2;2-5,8-9H,1H3;1H2. The van der Waals surface area contributed by atoms with Crippen molar-refractivity contribution in [3.05, 3.63) is 90.8 Å². The molecule has 0 fully saturated rings. The highest BCUT2D eigenvalue weighted by molar-refractivity contribution is 7.80. The summed E-state index contributed by atoms with van der Waals surface area (Å²) in [5, 5.41) is 5.23. The molecule has 4 rings (SSSR count). The number of aldehydes is 1. The second kappa shape index (κ2) is 13.1. The van der Waals surface area contributed by atoms with E-state index in [2.05, 4.69) is 53.3 Å². The number of fused-ring (bicyclic) bond motifs is 1. The lowest BCUT2D eigenvalue weighted by molar-refractivity contribution is -0.107. The number of alkyl halides is 2. The Morgan fingerprint density at radius 3 is 2.26 bits per heavy atom. The molecule has 0 aliphatic heterocycles. The number of hydrogen-bond acceptors (Lipinski definition) is 4. The minimum atomic E-state index is -1.75. The first-order valence-electron chi connectivity index (χ1n) is 9.57. The summed E-state index contributed by atoms with van der Waals surface area (Å²) in [7, 11) is 1.89. The van der Waals surface area contributed by atoms with Crippen molar-refractivity contribution in [1.29, 1.82) is 0 Å². The molecule has 31 heavy (non-hydrogen) atoms. The van der Waals surface area contributed by atoms with E-state index >= 15 is 0 Å². The first kappa shape index (κ1) is 24.0. The van der Waals surface area contributed by atoms with Crippen LogP contribution in [-0.4, -0.2) is 25.2 Å². The summed E-state index contributed by atoms with van der Waals surface area (Å²) in [6.45, 7) is -1.75. The first-order chi connectivity index (χ1) is 15.1. The number of carbonyl (C=O) groups is 1. The van der Waals surface area contributed by atoms with Crippen molar-refractivity contribution in [1.82, 2.24) is 4.98 Å². The van der Waals surface area contributed by atoms with E-state index in [9.17, 15) is 13.6 Å². The number of nitrogens with one attached hydrogen (secondary N) is 1. The molecular weight excluding hydrogens is 414 g/mol. The van der Waals surface area contributed by atoms with E-state index in [1.807, 2.05) is 61.8 Å². The van der Waals surface area contributed by atoms with E-state index in [4.69, 9.17) is 0 Å². The van der Waals surface area contributed by atoms with Gasteiger partial charge < -0.3 is 10.1 Å². The van der Waals surface area contributed by atoms with Gasteiger partial charge in [0.15, 0.2) is 0 Å². The lowest BCUT2D eigenvalue weighted by atomic mass is 10.0. The molecule has 0 radical (unpaired) electrons. The number of thiol groups is 1. The van der Waals surface area contributed by atoms with Crippen LogP contribution in [0.5, 0.6) is 0 Å². The zero-order valence-electron chi connectivity index (χ0n) is 17.1. The van der Waals surface area contributed by atoms with Crippen molar-refractivity contribution in [2.75, 3.05) is 19.3 Å². The van der Waals surface area contributed by atoms with Crippen LogP contribution in [0, 0.1) is 0 Å². The van der Waals surface area contributed by atoms with Crippen molar-refractivity contribution >= 4 is 35.4 Å². The van der Waals surface area contributed by atoms with Crippen LogP contribution in [0.25, 0.3) is 21.9 Å². The molecule has 3 nitrogen and oxygen atoms in total. The monoisotopic (exact) mass is 438 g/mol. The third-order valence-electron chi connectivity index (χ3n) is 4.31. The summed E-state index contributed by atoms with van der Waals surface area (Å²) < 4.78 is 19.2. The number of carbonyl (C=O) groups excluding carboxylic acids is 1. The van der Waals surface area contributed by atoms with Crippen LogP contribution in [0.4, 0.5) is 14.5 Å². The molecule has 1 N–H and O–H groups in total. The third-order valence-corrected chi connectivity index (χ3v) is 4.59. The normalized spacial score (nSPS) is 9.68. The Morgan fingerprint density at radius 2 is 1.65 bits per heavy atom. The van der Waals surface area contributed by atoms with Gasteiger partial charge in [-0.1, -0.05) is 48.5 Å². The maximum absolute atomic E-state index is 10.6. The molecule has 0 aliphatic rings. The molecule has 0 spiro atoms. The zero-order chi connectivity index (χ0) is 22.5.